The molecule has 4 heteroatoms. The number of anilines is 1. The van der Waals surface area contributed by atoms with Crippen molar-refractivity contribution in [2.75, 3.05) is 31.1 Å². The molecule has 1 aliphatic heterocycles. The Morgan fingerprint density at radius 1 is 1.43 bits per heavy atom. The van der Waals surface area contributed by atoms with Gasteiger partial charge in [0.05, 0.1) is 18.4 Å². The third-order valence-electron chi connectivity index (χ3n) is 4.11. The van der Waals surface area contributed by atoms with Crippen molar-refractivity contribution in [2.45, 2.75) is 45.8 Å². The molecule has 1 heterocycles. The zero-order chi connectivity index (χ0) is 15.2. The Hall–Kier alpha value is -1.13. The number of halogens is 1. The normalized spacial score (nSPS) is 20.6. The van der Waals surface area contributed by atoms with Crippen molar-refractivity contribution in [3.05, 3.63) is 29.6 Å². The Kier molecular flexibility index (Phi) is 6.00. The van der Waals surface area contributed by atoms with Crippen LogP contribution in [0.25, 0.3) is 0 Å². The van der Waals surface area contributed by atoms with E-state index in [9.17, 15) is 4.39 Å². The van der Waals surface area contributed by atoms with Crippen LogP contribution in [0.1, 0.15) is 45.2 Å². The first kappa shape index (κ1) is 16.2. The van der Waals surface area contributed by atoms with Gasteiger partial charge in [-0.15, -0.1) is 0 Å². The molecular formula is C17H27FN2O. The van der Waals surface area contributed by atoms with Gasteiger partial charge in [0, 0.05) is 19.1 Å². The fourth-order valence-electron chi connectivity index (χ4n) is 2.71. The second-order valence-electron chi connectivity index (χ2n) is 5.73. The van der Waals surface area contributed by atoms with E-state index in [-0.39, 0.29) is 18.0 Å². The Labute approximate surface area is 127 Å². The number of benzene rings is 1. The monoisotopic (exact) mass is 294 g/mol. The number of rotatable bonds is 6. The Morgan fingerprint density at radius 2 is 2.24 bits per heavy atom. The minimum absolute atomic E-state index is 0.130. The number of morpholine rings is 1. The smallest absolute Gasteiger partial charge is 0.146 e. The molecule has 0 aromatic heterocycles. The van der Waals surface area contributed by atoms with Crippen molar-refractivity contribution >= 4 is 5.69 Å². The van der Waals surface area contributed by atoms with E-state index in [4.69, 9.17) is 4.74 Å². The minimum atomic E-state index is -0.130. The van der Waals surface area contributed by atoms with Crippen LogP contribution in [-0.2, 0) is 4.74 Å². The molecule has 0 saturated carbocycles. The first-order chi connectivity index (χ1) is 10.2. The van der Waals surface area contributed by atoms with Gasteiger partial charge in [0.2, 0.25) is 0 Å². The summed E-state index contributed by atoms with van der Waals surface area (Å²) >= 11 is 0. The lowest BCUT2D eigenvalue weighted by Crippen LogP contribution is -2.42. The molecule has 0 amide bonds. The highest BCUT2D eigenvalue weighted by atomic mass is 19.1. The molecule has 0 radical (unpaired) electrons. The minimum Gasteiger partial charge on any atom is -0.375 e. The zero-order valence-electron chi connectivity index (χ0n) is 13.4. The lowest BCUT2D eigenvalue weighted by molar-refractivity contribution is 0.0382. The van der Waals surface area contributed by atoms with Crippen LogP contribution in [0.5, 0.6) is 0 Å². The SMILES string of the molecule is CCCNC(C)c1ccc(N2CCOC(CC)C2)c(F)c1. The first-order valence-corrected chi connectivity index (χ1v) is 8.05. The van der Waals surface area contributed by atoms with Crippen molar-refractivity contribution in [3.8, 4) is 0 Å². The van der Waals surface area contributed by atoms with Crippen molar-refractivity contribution < 1.29 is 9.13 Å². The van der Waals surface area contributed by atoms with Crippen molar-refractivity contribution in [1.29, 1.82) is 0 Å². The maximum atomic E-state index is 14.4. The molecule has 1 N–H and O–H groups in total. The van der Waals surface area contributed by atoms with Crippen LogP contribution in [0.15, 0.2) is 18.2 Å². The fourth-order valence-corrected chi connectivity index (χ4v) is 2.71. The maximum absolute atomic E-state index is 14.4. The molecule has 118 valence electrons. The highest BCUT2D eigenvalue weighted by Gasteiger charge is 2.21. The standard InChI is InChI=1S/C17H27FN2O/c1-4-8-19-13(3)14-6-7-17(16(18)11-14)20-9-10-21-15(5-2)12-20/h6-7,11,13,15,19H,4-5,8-10,12H2,1-3H3. The van der Waals surface area contributed by atoms with Gasteiger partial charge in [-0.05, 0) is 44.0 Å². The lowest BCUT2D eigenvalue weighted by atomic mass is 10.1. The number of hydrogen-bond donors (Lipinski definition) is 1. The van der Waals surface area contributed by atoms with Crippen LogP contribution >= 0.6 is 0 Å². The van der Waals surface area contributed by atoms with E-state index in [0.717, 1.165) is 38.0 Å². The Balaban J connectivity index is 2.08. The van der Waals surface area contributed by atoms with Gasteiger partial charge < -0.3 is 15.0 Å². The van der Waals surface area contributed by atoms with Crippen molar-refractivity contribution in [1.82, 2.24) is 5.32 Å². The average Bonchev–Trinajstić information content (AvgIpc) is 2.52. The van der Waals surface area contributed by atoms with Gasteiger partial charge in [-0.1, -0.05) is 19.9 Å². The van der Waals surface area contributed by atoms with Gasteiger partial charge in [-0.3, -0.25) is 0 Å². The predicted molar refractivity (Wildman–Crippen MR) is 85.4 cm³/mol. The lowest BCUT2D eigenvalue weighted by Gasteiger charge is -2.34. The summed E-state index contributed by atoms with van der Waals surface area (Å²) in [4.78, 5) is 2.10. The third-order valence-corrected chi connectivity index (χ3v) is 4.11. The van der Waals surface area contributed by atoms with E-state index in [1.807, 2.05) is 12.1 Å². The zero-order valence-corrected chi connectivity index (χ0v) is 13.4. The summed E-state index contributed by atoms with van der Waals surface area (Å²) in [5.41, 5.74) is 1.70. The fraction of sp³-hybridized carbons (Fsp3) is 0.647. The molecule has 0 bridgehead atoms. The van der Waals surface area contributed by atoms with E-state index >= 15 is 0 Å². The number of hydrogen-bond acceptors (Lipinski definition) is 3. The molecule has 1 saturated heterocycles. The maximum Gasteiger partial charge on any atom is 0.146 e. The highest BCUT2D eigenvalue weighted by Crippen LogP contribution is 2.25. The summed E-state index contributed by atoms with van der Waals surface area (Å²) < 4.78 is 20.1. The number of nitrogens with one attached hydrogen (secondary N) is 1. The molecule has 21 heavy (non-hydrogen) atoms. The number of ether oxygens (including phenoxy) is 1. The van der Waals surface area contributed by atoms with Crippen LogP contribution in [0.2, 0.25) is 0 Å². The molecule has 2 unspecified atom stereocenters. The van der Waals surface area contributed by atoms with Crippen LogP contribution in [0.3, 0.4) is 0 Å². The summed E-state index contributed by atoms with van der Waals surface area (Å²) in [6.07, 6.45) is 2.26. The van der Waals surface area contributed by atoms with Crippen LogP contribution in [-0.4, -0.2) is 32.3 Å². The molecule has 3 nitrogen and oxygen atoms in total. The molecule has 1 aromatic rings. The predicted octanol–water partition coefficient (Wildman–Crippen LogP) is 3.50. The average molecular weight is 294 g/mol. The molecular weight excluding hydrogens is 267 g/mol. The quantitative estimate of drug-likeness (QED) is 0.869. The van der Waals surface area contributed by atoms with Crippen LogP contribution in [0.4, 0.5) is 10.1 Å². The van der Waals surface area contributed by atoms with E-state index < -0.39 is 0 Å². The van der Waals surface area contributed by atoms with Crippen molar-refractivity contribution in [2.24, 2.45) is 0 Å². The summed E-state index contributed by atoms with van der Waals surface area (Å²) in [6.45, 7) is 9.47. The largest absolute Gasteiger partial charge is 0.375 e. The summed E-state index contributed by atoms with van der Waals surface area (Å²) in [5, 5.41) is 3.39. The Bertz CT molecular complexity index is 452. The topological polar surface area (TPSA) is 24.5 Å². The summed E-state index contributed by atoms with van der Waals surface area (Å²) in [7, 11) is 0. The van der Waals surface area contributed by atoms with Gasteiger partial charge in [0.1, 0.15) is 5.82 Å². The van der Waals surface area contributed by atoms with E-state index in [1.54, 1.807) is 6.07 Å². The van der Waals surface area contributed by atoms with Crippen LogP contribution < -0.4 is 10.2 Å². The molecule has 1 aromatic carbocycles. The first-order valence-electron chi connectivity index (χ1n) is 8.05. The van der Waals surface area contributed by atoms with Gasteiger partial charge in [0.15, 0.2) is 0 Å². The van der Waals surface area contributed by atoms with E-state index in [0.29, 0.717) is 12.3 Å². The van der Waals surface area contributed by atoms with Gasteiger partial charge in [0.25, 0.3) is 0 Å². The summed E-state index contributed by atoms with van der Waals surface area (Å²) in [6, 6.07) is 5.79. The summed E-state index contributed by atoms with van der Waals surface area (Å²) in [5.74, 6) is -0.130. The molecule has 1 aliphatic rings. The van der Waals surface area contributed by atoms with E-state index in [1.165, 1.54) is 0 Å². The van der Waals surface area contributed by atoms with E-state index in [2.05, 4.69) is 31.0 Å². The molecule has 0 aliphatic carbocycles. The van der Waals surface area contributed by atoms with Gasteiger partial charge >= 0.3 is 0 Å². The van der Waals surface area contributed by atoms with Crippen LogP contribution in [0, 0.1) is 5.82 Å². The van der Waals surface area contributed by atoms with Gasteiger partial charge in [-0.2, -0.15) is 0 Å². The molecule has 2 atom stereocenters. The third kappa shape index (κ3) is 4.17. The molecule has 2 rings (SSSR count). The van der Waals surface area contributed by atoms with Crippen molar-refractivity contribution in [3.63, 3.8) is 0 Å². The number of nitrogens with zero attached hydrogens (tertiary/aromatic N) is 1. The van der Waals surface area contributed by atoms with Gasteiger partial charge in [-0.25, -0.2) is 4.39 Å². The molecule has 0 spiro atoms. The second-order valence-corrected chi connectivity index (χ2v) is 5.73. The highest BCUT2D eigenvalue weighted by molar-refractivity contribution is 5.50. The Morgan fingerprint density at radius 3 is 2.90 bits per heavy atom. The molecule has 1 fully saturated rings. The second kappa shape index (κ2) is 7.76.